The van der Waals surface area contributed by atoms with Crippen LogP contribution in [0, 0.1) is 5.41 Å². The van der Waals surface area contributed by atoms with Crippen LogP contribution in [0.25, 0.3) is 0 Å². The van der Waals surface area contributed by atoms with E-state index in [1.165, 1.54) is 19.3 Å². The van der Waals surface area contributed by atoms with Crippen LogP contribution < -0.4 is 5.32 Å². The van der Waals surface area contributed by atoms with E-state index in [9.17, 15) is 0 Å². The topological polar surface area (TPSA) is 59.0 Å². The van der Waals surface area contributed by atoms with E-state index >= 15 is 0 Å². The van der Waals surface area contributed by atoms with Gasteiger partial charge in [0.25, 0.3) is 0 Å². The van der Waals surface area contributed by atoms with E-state index in [2.05, 4.69) is 29.6 Å². The molecule has 1 unspecified atom stereocenters. The van der Waals surface area contributed by atoms with Crippen molar-refractivity contribution in [3.8, 4) is 0 Å². The van der Waals surface area contributed by atoms with Crippen LogP contribution in [0.1, 0.15) is 56.3 Å². The van der Waals surface area contributed by atoms with Crippen LogP contribution in [-0.4, -0.2) is 56.8 Å². The van der Waals surface area contributed by atoms with Crippen LogP contribution in [-0.2, 0) is 16.0 Å². The maximum absolute atomic E-state index is 5.36. The Morgan fingerprint density at radius 2 is 2.19 bits per heavy atom. The largest absolute Gasteiger partial charge is 0.385 e. The lowest BCUT2D eigenvalue weighted by molar-refractivity contribution is 0.0776. The van der Waals surface area contributed by atoms with E-state index < -0.39 is 0 Å². The van der Waals surface area contributed by atoms with Gasteiger partial charge in [0.15, 0.2) is 5.96 Å². The number of nitrogens with zero attached hydrogens (tertiary/aromatic N) is 3. The third kappa shape index (κ3) is 7.14. The lowest BCUT2D eigenvalue weighted by Crippen LogP contribution is -2.41. The fraction of sp³-hybridized carbons (Fsp3) is 0.789. The summed E-state index contributed by atoms with van der Waals surface area (Å²) in [6.45, 7) is 7.42. The Labute approximate surface area is 185 Å². The van der Waals surface area contributed by atoms with Crippen molar-refractivity contribution in [3.63, 3.8) is 0 Å². The zero-order valence-electron chi connectivity index (χ0n) is 17.3. The number of hydrogen-bond donors (Lipinski definition) is 1. The summed E-state index contributed by atoms with van der Waals surface area (Å²) in [4.78, 5) is 11.8. The molecule has 1 heterocycles. The van der Waals surface area contributed by atoms with E-state index in [0.29, 0.717) is 5.41 Å². The Bertz CT molecular complexity index is 578. The molecule has 2 rings (SSSR count). The molecule has 1 N–H and O–H groups in total. The lowest BCUT2D eigenvalue weighted by Gasteiger charge is -2.41. The first kappa shape index (κ1) is 24.6. The molecule has 156 valence electrons. The van der Waals surface area contributed by atoms with Gasteiger partial charge < -0.3 is 19.7 Å². The van der Waals surface area contributed by atoms with Crippen molar-refractivity contribution in [1.82, 2.24) is 15.2 Å². The predicted molar refractivity (Wildman–Crippen MR) is 123 cm³/mol. The highest BCUT2D eigenvalue weighted by molar-refractivity contribution is 14.0. The maximum atomic E-state index is 5.36. The van der Waals surface area contributed by atoms with E-state index in [-0.39, 0.29) is 30.1 Å². The molecule has 0 spiro atoms. The van der Waals surface area contributed by atoms with Gasteiger partial charge in [0.1, 0.15) is 11.1 Å². The third-order valence-electron chi connectivity index (χ3n) is 5.18. The van der Waals surface area contributed by atoms with Crippen molar-refractivity contribution in [3.05, 3.63) is 16.1 Å². The molecule has 0 amide bonds. The van der Waals surface area contributed by atoms with Gasteiger partial charge in [-0.25, -0.2) is 4.98 Å². The fourth-order valence-electron chi connectivity index (χ4n) is 3.20. The van der Waals surface area contributed by atoms with E-state index in [0.717, 1.165) is 49.3 Å². The summed E-state index contributed by atoms with van der Waals surface area (Å²) in [6, 6.07) is 0. The molecule has 0 aromatic carbocycles. The minimum absolute atomic E-state index is 0. The number of ether oxygens (including phenoxy) is 2. The Balaban J connectivity index is 0.00000364. The molecule has 1 aliphatic carbocycles. The number of methoxy groups -OCH3 is 2. The summed E-state index contributed by atoms with van der Waals surface area (Å²) in [5.41, 5.74) is 1.39. The van der Waals surface area contributed by atoms with Crippen LogP contribution in [0.15, 0.2) is 10.4 Å². The second kappa shape index (κ2) is 12.2. The Hall–Kier alpha value is -0.450. The number of rotatable bonds is 10. The summed E-state index contributed by atoms with van der Waals surface area (Å²) in [5.74, 6) is 0.950. The summed E-state index contributed by atoms with van der Waals surface area (Å²) in [7, 11) is 5.57. The zero-order valence-corrected chi connectivity index (χ0v) is 20.4. The average molecular weight is 510 g/mol. The third-order valence-corrected chi connectivity index (χ3v) is 6.24. The van der Waals surface area contributed by atoms with Gasteiger partial charge in [-0.05, 0) is 38.5 Å². The highest BCUT2D eigenvalue weighted by Gasteiger charge is 2.36. The van der Waals surface area contributed by atoms with Gasteiger partial charge in [0, 0.05) is 46.3 Å². The van der Waals surface area contributed by atoms with Gasteiger partial charge >= 0.3 is 0 Å². The minimum atomic E-state index is 0. The molecule has 1 aliphatic rings. The number of halogens is 1. The van der Waals surface area contributed by atoms with Crippen molar-refractivity contribution in [2.45, 2.75) is 52.2 Å². The van der Waals surface area contributed by atoms with Gasteiger partial charge in [0.05, 0.1) is 12.2 Å². The molecule has 6 nitrogen and oxygen atoms in total. The molecule has 8 heteroatoms. The van der Waals surface area contributed by atoms with Gasteiger partial charge in [-0.2, -0.15) is 0 Å². The SMILES string of the molecule is CCNC(=NCC1(CCOC)CCC1)N(C)Cc1csc(C(C)OC)n1.I. The van der Waals surface area contributed by atoms with Crippen molar-refractivity contribution >= 4 is 41.3 Å². The van der Waals surface area contributed by atoms with Crippen LogP contribution in [0.3, 0.4) is 0 Å². The molecule has 1 fully saturated rings. The second-order valence-corrected chi connectivity index (χ2v) is 8.07. The van der Waals surface area contributed by atoms with Crippen molar-refractivity contribution in [2.75, 3.05) is 41.0 Å². The van der Waals surface area contributed by atoms with E-state index in [1.807, 2.05) is 6.92 Å². The molecule has 0 saturated heterocycles. The first-order valence-corrected chi connectivity index (χ1v) is 10.4. The van der Waals surface area contributed by atoms with Gasteiger partial charge in [-0.3, -0.25) is 4.99 Å². The molecule has 0 aliphatic heterocycles. The number of thiazole rings is 1. The molecule has 0 radical (unpaired) electrons. The summed E-state index contributed by atoms with van der Waals surface area (Å²) in [5, 5.41) is 6.54. The molecule has 1 aromatic rings. The highest BCUT2D eigenvalue weighted by Crippen LogP contribution is 2.44. The summed E-state index contributed by atoms with van der Waals surface area (Å²) >= 11 is 1.65. The monoisotopic (exact) mass is 510 g/mol. The minimum Gasteiger partial charge on any atom is -0.385 e. The standard InChI is InChI=1S/C19H34N4O2S.HI/c1-6-20-18(21-14-19(8-7-9-19)10-11-24-4)23(3)12-16-13-26-17(22-16)15(2)25-5;/h13,15H,6-12,14H2,1-5H3,(H,20,21);1H. The smallest absolute Gasteiger partial charge is 0.194 e. The molecule has 1 atom stereocenters. The molecule has 27 heavy (non-hydrogen) atoms. The Morgan fingerprint density at radius 3 is 2.74 bits per heavy atom. The zero-order chi connectivity index (χ0) is 19.0. The van der Waals surface area contributed by atoms with Gasteiger partial charge in [-0.15, -0.1) is 35.3 Å². The molecule has 1 aromatic heterocycles. The quantitative estimate of drug-likeness (QED) is 0.292. The fourth-order valence-corrected chi connectivity index (χ4v) is 4.04. The number of aromatic nitrogens is 1. The van der Waals surface area contributed by atoms with E-state index in [1.54, 1.807) is 25.6 Å². The van der Waals surface area contributed by atoms with Crippen molar-refractivity contribution in [2.24, 2.45) is 10.4 Å². The first-order valence-electron chi connectivity index (χ1n) is 9.49. The number of guanidine groups is 1. The van der Waals surface area contributed by atoms with Crippen LogP contribution >= 0.6 is 35.3 Å². The van der Waals surface area contributed by atoms with E-state index in [4.69, 9.17) is 19.5 Å². The normalized spacial score (nSPS) is 17.0. The Morgan fingerprint density at radius 1 is 1.44 bits per heavy atom. The lowest BCUT2D eigenvalue weighted by atomic mass is 9.67. The van der Waals surface area contributed by atoms with Crippen molar-refractivity contribution < 1.29 is 9.47 Å². The molecule has 0 bridgehead atoms. The van der Waals surface area contributed by atoms with Crippen LogP contribution in [0.5, 0.6) is 0 Å². The highest BCUT2D eigenvalue weighted by atomic mass is 127. The average Bonchev–Trinajstić information content (AvgIpc) is 3.07. The second-order valence-electron chi connectivity index (χ2n) is 7.18. The number of aliphatic imine (C=N–C) groups is 1. The molecule has 1 saturated carbocycles. The molecular weight excluding hydrogens is 475 g/mol. The molecular formula is C19H35IN4O2S. The van der Waals surface area contributed by atoms with Crippen molar-refractivity contribution in [1.29, 1.82) is 0 Å². The summed E-state index contributed by atoms with van der Waals surface area (Å²) in [6.07, 6.45) is 4.96. The predicted octanol–water partition coefficient (Wildman–Crippen LogP) is 4.07. The maximum Gasteiger partial charge on any atom is 0.194 e. The number of nitrogens with one attached hydrogen (secondary N) is 1. The first-order chi connectivity index (χ1) is 12.5. The van der Waals surface area contributed by atoms with Crippen LogP contribution in [0.2, 0.25) is 0 Å². The summed E-state index contributed by atoms with van der Waals surface area (Å²) < 4.78 is 10.6. The van der Waals surface area contributed by atoms with Crippen LogP contribution in [0.4, 0.5) is 0 Å². The van der Waals surface area contributed by atoms with Gasteiger partial charge in [-0.1, -0.05) is 6.42 Å². The van der Waals surface area contributed by atoms with Gasteiger partial charge in [0.2, 0.25) is 0 Å². The Kier molecular flexibility index (Phi) is 11.1. The number of hydrogen-bond acceptors (Lipinski definition) is 5.